The highest BCUT2D eigenvalue weighted by Crippen LogP contribution is 2.27. The normalized spacial score (nSPS) is 14.7. The first kappa shape index (κ1) is 23.4. The molecule has 4 N–H and O–H groups in total. The smallest absolute Gasteiger partial charge is 0.297 e. The largest absolute Gasteiger partial charge is 0.331 e. The summed E-state index contributed by atoms with van der Waals surface area (Å²) in [7, 11) is -3.76. The lowest BCUT2D eigenvalue weighted by molar-refractivity contribution is -0.121. The first-order valence-electron chi connectivity index (χ1n) is 10.7. The van der Waals surface area contributed by atoms with Crippen LogP contribution in [0.3, 0.4) is 0 Å². The third-order valence-corrected chi connectivity index (χ3v) is 6.85. The molecule has 0 saturated heterocycles. The minimum absolute atomic E-state index is 0.0224. The predicted octanol–water partition coefficient (Wildman–Crippen LogP) is 4.19. The van der Waals surface area contributed by atoms with Crippen LogP contribution in [0.15, 0.2) is 106 Å². The second kappa shape index (κ2) is 9.74. The van der Waals surface area contributed by atoms with Crippen molar-refractivity contribution < 1.29 is 13.2 Å². The average Bonchev–Trinajstić information content (AvgIpc) is 3.44. The van der Waals surface area contributed by atoms with Gasteiger partial charge in [0.15, 0.2) is 16.8 Å². The molecule has 4 aromatic rings. The molecule has 0 radical (unpaired) electrons. The van der Waals surface area contributed by atoms with Crippen LogP contribution in [0.2, 0.25) is 0 Å². The van der Waals surface area contributed by atoms with E-state index in [1.165, 1.54) is 28.5 Å². The summed E-state index contributed by atoms with van der Waals surface area (Å²) in [6.45, 7) is 0. The monoisotopic (exact) mass is 516 g/mol. The van der Waals surface area contributed by atoms with E-state index in [0.29, 0.717) is 28.2 Å². The number of primary sulfonamides is 1. The molecule has 1 aromatic heterocycles. The van der Waals surface area contributed by atoms with E-state index in [1.807, 2.05) is 60.7 Å². The molecule has 0 fully saturated rings. The molecular weight excluding hydrogens is 496 g/mol. The lowest BCUT2D eigenvalue weighted by atomic mass is 10.2. The van der Waals surface area contributed by atoms with E-state index in [1.54, 1.807) is 23.6 Å². The highest BCUT2D eigenvalue weighted by atomic mass is 32.2. The molecule has 3 aromatic carbocycles. The summed E-state index contributed by atoms with van der Waals surface area (Å²) < 4.78 is 22.9. The van der Waals surface area contributed by atoms with E-state index in [9.17, 15) is 13.2 Å². The molecule has 0 saturated carbocycles. The lowest BCUT2D eigenvalue weighted by Gasteiger charge is -2.18. The van der Waals surface area contributed by atoms with Crippen LogP contribution < -0.4 is 15.9 Å². The number of nitrogens with zero attached hydrogens (tertiary/aromatic N) is 3. The number of amides is 1. The summed E-state index contributed by atoms with van der Waals surface area (Å²) in [6.07, 6.45) is 1.74. The number of benzene rings is 3. The third-order valence-electron chi connectivity index (χ3n) is 5.16. The molecule has 1 aliphatic heterocycles. The Kier molecular flexibility index (Phi) is 6.34. The number of sulfonamides is 1. The summed E-state index contributed by atoms with van der Waals surface area (Å²) in [5.41, 5.74) is 5.65. The van der Waals surface area contributed by atoms with Crippen molar-refractivity contribution >= 4 is 55.8 Å². The zero-order valence-electron chi connectivity index (χ0n) is 18.7. The number of carbonyl (C=O) groups is 1. The SMILES string of the molecule is NS(=O)(=O)c1ccc(Nc2nc(NN3C(=O)/C(=C/c4ccccc4)N=C3c3ccccc3)cs2)cc1. The zero-order chi connectivity index (χ0) is 25.1. The number of thiazole rings is 1. The van der Waals surface area contributed by atoms with Crippen molar-refractivity contribution in [2.75, 3.05) is 10.7 Å². The molecule has 5 rings (SSSR count). The van der Waals surface area contributed by atoms with Gasteiger partial charge in [-0.2, -0.15) is 5.01 Å². The number of nitrogens with two attached hydrogens (primary N) is 1. The fourth-order valence-electron chi connectivity index (χ4n) is 3.46. The summed E-state index contributed by atoms with van der Waals surface area (Å²) in [5.74, 6) is 0.601. The van der Waals surface area contributed by atoms with Crippen molar-refractivity contribution in [1.82, 2.24) is 9.99 Å². The van der Waals surface area contributed by atoms with E-state index in [2.05, 4.69) is 20.7 Å². The lowest BCUT2D eigenvalue weighted by Crippen LogP contribution is -2.38. The topological polar surface area (TPSA) is 130 Å². The molecule has 0 atom stereocenters. The highest BCUT2D eigenvalue weighted by molar-refractivity contribution is 7.89. The Morgan fingerprint density at radius 1 is 0.917 bits per heavy atom. The second-order valence-electron chi connectivity index (χ2n) is 7.73. The van der Waals surface area contributed by atoms with Crippen molar-refractivity contribution in [3.63, 3.8) is 0 Å². The predicted molar refractivity (Wildman–Crippen MR) is 141 cm³/mol. The molecule has 11 heteroatoms. The van der Waals surface area contributed by atoms with Crippen molar-refractivity contribution in [1.29, 1.82) is 0 Å². The van der Waals surface area contributed by atoms with Gasteiger partial charge in [-0.1, -0.05) is 60.7 Å². The van der Waals surface area contributed by atoms with Crippen LogP contribution in [0.1, 0.15) is 11.1 Å². The Morgan fingerprint density at radius 2 is 1.58 bits per heavy atom. The number of carbonyl (C=O) groups excluding carboxylic acids is 1. The van der Waals surface area contributed by atoms with Gasteiger partial charge < -0.3 is 5.32 Å². The number of nitrogens with one attached hydrogen (secondary N) is 2. The number of amidine groups is 1. The second-order valence-corrected chi connectivity index (χ2v) is 10.1. The molecule has 0 aliphatic carbocycles. The fraction of sp³-hybridized carbons (Fsp3) is 0. The van der Waals surface area contributed by atoms with Gasteiger partial charge in [0, 0.05) is 16.6 Å². The first-order valence-corrected chi connectivity index (χ1v) is 13.2. The van der Waals surface area contributed by atoms with Crippen LogP contribution in [-0.2, 0) is 14.8 Å². The van der Waals surface area contributed by atoms with Crippen LogP contribution >= 0.6 is 11.3 Å². The van der Waals surface area contributed by atoms with Gasteiger partial charge in [-0.3, -0.25) is 10.2 Å². The van der Waals surface area contributed by atoms with Gasteiger partial charge in [0.25, 0.3) is 5.91 Å². The van der Waals surface area contributed by atoms with Crippen molar-refractivity contribution in [3.8, 4) is 0 Å². The maximum Gasteiger partial charge on any atom is 0.297 e. The summed E-state index contributed by atoms with van der Waals surface area (Å²) in [6, 6.07) is 25.0. The van der Waals surface area contributed by atoms with Crippen LogP contribution in [0.5, 0.6) is 0 Å². The van der Waals surface area contributed by atoms with Gasteiger partial charge in [-0.05, 0) is 35.9 Å². The summed E-state index contributed by atoms with van der Waals surface area (Å²) >= 11 is 1.32. The zero-order valence-corrected chi connectivity index (χ0v) is 20.3. The summed E-state index contributed by atoms with van der Waals surface area (Å²) in [5, 5.41) is 11.9. The van der Waals surface area contributed by atoms with Crippen molar-refractivity contribution in [3.05, 3.63) is 107 Å². The van der Waals surface area contributed by atoms with E-state index in [0.717, 1.165) is 11.1 Å². The Bertz CT molecular complexity index is 1570. The fourth-order valence-corrected chi connectivity index (χ4v) is 4.63. The molecule has 0 spiro atoms. The summed E-state index contributed by atoms with van der Waals surface area (Å²) in [4.78, 5) is 22.4. The number of aromatic nitrogens is 1. The molecule has 36 heavy (non-hydrogen) atoms. The van der Waals surface area contributed by atoms with Gasteiger partial charge >= 0.3 is 0 Å². The van der Waals surface area contributed by atoms with Gasteiger partial charge in [-0.25, -0.2) is 23.5 Å². The number of hydrazine groups is 1. The quantitative estimate of drug-likeness (QED) is 0.316. The Hall–Kier alpha value is -4.32. The average molecular weight is 517 g/mol. The molecule has 0 unspecified atom stereocenters. The standard InChI is InChI=1S/C25H20N6O3S2/c26-36(33,34)20-13-11-19(12-14-20)27-25-29-22(16-35-25)30-31-23(18-9-5-2-6-10-18)28-21(24(31)32)15-17-7-3-1-4-8-17/h1-16,30H,(H,27,29)(H2,26,33,34)/b21-15-. The van der Waals surface area contributed by atoms with Gasteiger partial charge in [-0.15, -0.1) is 11.3 Å². The Labute approximate surface area is 211 Å². The van der Waals surface area contributed by atoms with E-state index in [-0.39, 0.29) is 10.8 Å². The van der Waals surface area contributed by atoms with Gasteiger partial charge in [0.1, 0.15) is 5.70 Å². The minimum atomic E-state index is -3.76. The molecule has 2 heterocycles. The van der Waals surface area contributed by atoms with Gasteiger partial charge in [0.05, 0.1) is 4.90 Å². The van der Waals surface area contributed by atoms with Gasteiger partial charge in [0.2, 0.25) is 10.0 Å². The maximum absolute atomic E-state index is 13.3. The minimum Gasteiger partial charge on any atom is -0.331 e. The molecule has 0 bridgehead atoms. The van der Waals surface area contributed by atoms with Crippen LogP contribution in [0, 0.1) is 0 Å². The van der Waals surface area contributed by atoms with E-state index >= 15 is 0 Å². The Balaban J connectivity index is 1.38. The number of aliphatic imine (C=N–C) groups is 1. The molecule has 1 amide bonds. The van der Waals surface area contributed by atoms with Crippen LogP contribution in [0.25, 0.3) is 6.08 Å². The Morgan fingerprint density at radius 3 is 2.25 bits per heavy atom. The molecular formula is C25H20N6O3S2. The third kappa shape index (κ3) is 5.18. The van der Waals surface area contributed by atoms with Crippen LogP contribution in [0.4, 0.5) is 16.6 Å². The van der Waals surface area contributed by atoms with E-state index < -0.39 is 10.0 Å². The maximum atomic E-state index is 13.3. The number of hydrogen-bond acceptors (Lipinski definition) is 8. The molecule has 9 nitrogen and oxygen atoms in total. The first-order chi connectivity index (χ1) is 17.4. The number of hydrogen-bond donors (Lipinski definition) is 3. The van der Waals surface area contributed by atoms with Crippen LogP contribution in [-0.4, -0.2) is 30.2 Å². The number of rotatable bonds is 7. The highest BCUT2D eigenvalue weighted by Gasteiger charge is 2.32. The van der Waals surface area contributed by atoms with E-state index in [4.69, 9.17) is 5.14 Å². The molecule has 180 valence electrons. The number of anilines is 3. The van der Waals surface area contributed by atoms with Crippen molar-refractivity contribution in [2.45, 2.75) is 4.90 Å². The molecule has 1 aliphatic rings. The van der Waals surface area contributed by atoms with Crippen molar-refractivity contribution in [2.24, 2.45) is 10.1 Å².